The van der Waals surface area contributed by atoms with Crippen molar-refractivity contribution in [1.82, 2.24) is 40.6 Å². The Kier molecular flexibility index (Phi) is 6.93. The van der Waals surface area contributed by atoms with E-state index in [0.717, 1.165) is 0 Å². The van der Waals surface area contributed by atoms with Crippen molar-refractivity contribution in [2.75, 3.05) is 19.6 Å². The lowest BCUT2D eigenvalue weighted by Gasteiger charge is -2.47. The van der Waals surface area contributed by atoms with Gasteiger partial charge >= 0.3 is 5.97 Å². The minimum atomic E-state index is -1.16. The zero-order chi connectivity index (χ0) is 26.4. The molecule has 3 fully saturated rings. The number of likely N-dealkylation sites (tertiary alicyclic amines) is 1. The topological polar surface area (TPSA) is 183 Å². The number of rotatable bonds is 8. The van der Waals surface area contributed by atoms with Gasteiger partial charge in [0.15, 0.2) is 0 Å². The van der Waals surface area contributed by atoms with Crippen LogP contribution in [0.1, 0.15) is 26.7 Å². The van der Waals surface area contributed by atoms with Crippen molar-refractivity contribution in [2.24, 2.45) is 11.8 Å². The van der Waals surface area contributed by atoms with Crippen LogP contribution in [0.15, 0.2) is 16.9 Å². The Morgan fingerprint density at radius 1 is 1.35 bits per heavy atom. The molecule has 4 aliphatic rings. The fraction of sp³-hybridized carbons (Fsp3) is 0.682. The molecule has 14 nitrogen and oxygen atoms in total. The number of carbonyl (C=O) groups excluding carboxylic acids is 3. The Morgan fingerprint density at radius 3 is 2.78 bits per heavy atom. The van der Waals surface area contributed by atoms with Gasteiger partial charge in [0, 0.05) is 41.7 Å². The lowest BCUT2D eigenvalue weighted by atomic mass is 9.78. The summed E-state index contributed by atoms with van der Waals surface area (Å²) in [5.74, 6) is -2.68. The van der Waals surface area contributed by atoms with E-state index in [9.17, 15) is 29.4 Å². The number of hydrogen-bond donors (Lipinski definition) is 4. The quantitative estimate of drug-likeness (QED) is 0.271. The molecule has 3 amide bonds. The van der Waals surface area contributed by atoms with Crippen molar-refractivity contribution in [3.8, 4) is 0 Å². The third-order valence-electron chi connectivity index (χ3n) is 7.57. The fourth-order valence-electron chi connectivity index (χ4n) is 5.81. The average Bonchev–Trinajstić information content (AvgIpc) is 3.63. The van der Waals surface area contributed by atoms with Crippen molar-refractivity contribution in [3.05, 3.63) is 16.9 Å². The second-order valence-electron chi connectivity index (χ2n) is 10.1. The number of carboxylic acids is 1. The van der Waals surface area contributed by atoms with E-state index in [2.05, 4.69) is 26.2 Å². The van der Waals surface area contributed by atoms with Gasteiger partial charge in [-0.2, -0.15) is 0 Å². The van der Waals surface area contributed by atoms with Crippen LogP contribution in [-0.2, 0) is 25.7 Å². The maximum absolute atomic E-state index is 13.1. The molecule has 7 atom stereocenters. The number of aliphatic hydroxyl groups is 1. The SMILES string of the molecule is CC(NC(=O)Cn1cnnn1)[C@H]1C(=O)N2C(C(=O)O)=C(S[C@@H]3CN[C@H](C(=O)N4CC[C@@H](O)C4)C3)[C@H](C)[C@H]12. The van der Waals surface area contributed by atoms with E-state index in [0.29, 0.717) is 37.4 Å². The van der Waals surface area contributed by atoms with Gasteiger partial charge in [-0.25, -0.2) is 9.48 Å². The van der Waals surface area contributed by atoms with Gasteiger partial charge in [0.2, 0.25) is 17.7 Å². The molecule has 3 saturated heterocycles. The predicted octanol–water partition coefficient (Wildman–Crippen LogP) is -1.99. The minimum absolute atomic E-state index is 0.00610. The number of β-amino-alcohol motifs (C(OH)–C–C–N with tert-alkyl or cyclic N) is 1. The van der Waals surface area contributed by atoms with Gasteiger partial charge in [0.05, 0.1) is 24.1 Å². The summed E-state index contributed by atoms with van der Waals surface area (Å²) < 4.78 is 1.27. The molecule has 0 saturated carbocycles. The van der Waals surface area contributed by atoms with Crippen molar-refractivity contribution in [1.29, 1.82) is 0 Å². The van der Waals surface area contributed by atoms with Crippen LogP contribution in [0.5, 0.6) is 0 Å². The van der Waals surface area contributed by atoms with Gasteiger partial charge in [0.1, 0.15) is 18.6 Å². The molecule has 0 aromatic carbocycles. The molecule has 5 rings (SSSR count). The third-order valence-corrected chi connectivity index (χ3v) is 9.08. The van der Waals surface area contributed by atoms with Gasteiger partial charge in [0.25, 0.3) is 0 Å². The van der Waals surface area contributed by atoms with Gasteiger partial charge in [-0.3, -0.25) is 14.4 Å². The van der Waals surface area contributed by atoms with Crippen LogP contribution in [0, 0.1) is 11.8 Å². The largest absolute Gasteiger partial charge is 0.477 e. The maximum atomic E-state index is 13.1. The van der Waals surface area contributed by atoms with Crippen LogP contribution in [-0.4, -0.2) is 113 Å². The summed E-state index contributed by atoms with van der Waals surface area (Å²) in [4.78, 5) is 54.2. The molecule has 0 spiro atoms. The third kappa shape index (κ3) is 4.70. The number of thioether (sulfide) groups is 1. The van der Waals surface area contributed by atoms with Gasteiger partial charge < -0.3 is 30.6 Å². The summed E-state index contributed by atoms with van der Waals surface area (Å²) in [7, 11) is 0. The van der Waals surface area contributed by atoms with Crippen molar-refractivity contribution in [3.63, 3.8) is 0 Å². The number of aliphatic hydroxyl groups excluding tert-OH is 1. The Labute approximate surface area is 216 Å². The number of amides is 3. The summed E-state index contributed by atoms with van der Waals surface area (Å²) in [6, 6.07) is -1.26. The van der Waals surface area contributed by atoms with E-state index in [1.165, 1.54) is 27.7 Å². The summed E-state index contributed by atoms with van der Waals surface area (Å²) in [6.07, 6.45) is 1.94. The van der Waals surface area contributed by atoms with Gasteiger partial charge in [-0.1, -0.05) is 6.92 Å². The number of carbonyl (C=O) groups is 4. The number of tetrazole rings is 1. The lowest BCUT2D eigenvalue weighted by Crippen LogP contribution is -2.66. The molecule has 15 heteroatoms. The molecule has 1 unspecified atom stereocenters. The first-order chi connectivity index (χ1) is 17.7. The van der Waals surface area contributed by atoms with E-state index >= 15 is 0 Å². The number of aliphatic carboxylic acids is 1. The highest BCUT2D eigenvalue weighted by Crippen LogP contribution is 2.51. The number of fused-ring (bicyclic) bond motifs is 1. The second-order valence-corrected chi connectivity index (χ2v) is 11.4. The molecule has 5 heterocycles. The highest BCUT2D eigenvalue weighted by molar-refractivity contribution is 8.03. The number of nitrogens with one attached hydrogen (secondary N) is 2. The molecule has 1 aromatic rings. The molecule has 0 aliphatic carbocycles. The van der Waals surface area contributed by atoms with Crippen LogP contribution in [0.3, 0.4) is 0 Å². The highest BCUT2D eigenvalue weighted by atomic mass is 32.2. The van der Waals surface area contributed by atoms with E-state index < -0.39 is 24.0 Å². The van der Waals surface area contributed by atoms with Crippen LogP contribution in [0.25, 0.3) is 0 Å². The van der Waals surface area contributed by atoms with E-state index in [1.807, 2.05) is 6.92 Å². The number of carboxylic acid groups (broad SMARTS) is 1. The first-order valence-electron chi connectivity index (χ1n) is 12.3. The lowest BCUT2D eigenvalue weighted by molar-refractivity contribution is -0.158. The Balaban J connectivity index is 1.23. The molecule has 0 radical (unpaired) electrons. The maximum Gasteiger partial charge on any atom is 0.353 e. The van der Waals surface area contributed by atoms with E-state index in [4.69, 9.17) is 0 Å². The first kappa shape index (κ1) is 25.6. The standard InChI is InChI=1S/C22H30N8O6S/c1-10-17-16(11(2)25-15(32)8-29-9-24-26-27-29)21(34)30(17)18(22(35)36)19(10)37-13-5-14(23-6-13)20(33)28-4-3-12(31)7-28/h9-14,16-17,23,31H,3-8H2,1-2H3,(H,25,32)(H,35,36)/t10-,11?,12-,13+,14+,16-,17-/m1/s1. The predicted molar refractivity (Wildman–Crippen MR) is 128 cm³/mol. The van der Waals surface area contributed by atoms with E-state index in [-0.39, 0.29) is 53.2 Å². The van der Waals surface area contributed by atoms with Crippen molar-refractivity contribution in [2.45, 2.75) is 62.7 Å². The Morgan fingerprint density at radius 2 is 2.14 bits per heavy atom. The van der Waals surface area contributed by atoms with Crippen LogP contribution >= 0.6 is 11.8 Å². The number of nitrogens with zero attached hydrogens (tertiary/aromatic N) is 6. The zero-order valence-electron chi connectivity index (χ0n) is 20.5. The van der Waals surface area contributed by atoms with Crippen LogP contribution in [0.4, 0.5) is 0 Å². The van der Waals surface area contributed by atoms with Crippen LogP contribution in [0.2, 0.25) is 0 Å². The Bertz CT molecular complexity index is 1130. The first-order valence-corrected chi connectivity index (χ1v) is 13.2. The summed E-state index contributed by atoms with van der Waals surface area (Å²) in [5.41, 5.74) is -0.00610. The highest BCUT2D eigenvalue weighted by Gasteiger charge is 2.60. The molecule has 4 N–H and O–H groups in total. The molecular weight excluding hydrogens is 504 g/mol. The van der Waals surface area contributed by atoms with Crippen molar-refractivity contribution < 1.29 is 29.4 Å². The van der Waals surface area contributed by atoms with Gasteiger partial charge in [-0.15, -0.1) is 16.9 Å². The monoisotopic (exact) mass is 534 g/mol. The normalized spacial score (nSPS) is 31.9. The fourth-order valence-corrected chi connectivity index (χ4v) is 7.29. The summed E-state index contributed by atoms with van der Waals surface area (Å²) in [6.45, 7) is 4.96. The van der Waals surface area contributed by atoms with Crippen molar-refractivity contribution >= 4 is 35.5 Å². The number of hydrogen-bond acceptors (Lipinski definition) is 10. The molecule has 1 aromatic heterocycles. The molecule has 37 heavy (non-hydrogen) atoms. The smallest absolute Gasteiger partial charge is 0.353 e. The Hall–Kier alpha value is -3.04. The minimum Gasteiger partial charge on any atom is -0.477 e. The summed E-state index contributed by atoms with van der Waals surface area (Å²) >= 11 is 1.41. The van der Waals surface area contributed by atoms with E-state index in [1.54, 1.807) is 11.8 Å². The number of β-lactam (4-membered cyclic amide) rings is 1. The number of aromatic nitrogens is 4. The second kappa shape index (κ2) is 10.0. The molecule has 0 bridgehead atoms. The van der Waals surface area contributed by atoms with Gasteiger partial charge in [-0.05, 0) is 30.2 Å². The van der Waals surface area contributed by atoms with Crippen LogP contribution < -0.4 is 10.6 Å². The average molecular weight is 535 g/mol. The molecular formula is C22H30N8O6S. The summed E-state index contributed by atoms with van der Waals surface area (Å²) in [5, 5.41) is 36.4. The molecule has 4 aliphatic heterocycles. The molecule has 200 valence electrons. The zero-order valence-corrected chi connectivity index (χ0v) is 21.3.